The topological polar surface area (TPSA) is 32.7 Å². The predicted octanol–water partition coefficient (Wildman–Crippen LogP) is 8.18. The molecule has 0 spiro atoms. The molecule has 0 aliphatic heterocycles. The highest BCUT2D eigenvalue weighted by molar-refractivity contribution is 8.00. The number of hydrogen-bond donors (Lipinski definition) is 1. The zero-order valence-corrected chi connectivity index (χ0v) is 20.3. The molecule has 4 rings (SSSR count). The van der Waals surface area contributed by atoms with Gasteiger partial charge in [-0.25, -0.2) is 0 Å². The summed E-state index contributed by atoms with van der Waals surface area (Å²) in [6.45, 7) is 0.681. The fourth-order valence-corrected chi connectivity index (χ4v) is 4.57. The number of rotatable bonds is 9. The maximum Gasteiger partial charge on any atom is 0.446 e. The van der Waals surface area contributed by atoms with Crippen LogP contribution in [0.5, 0.6) is 11.5 Å². The van der Waals surface area contributed by atoms with Crippen molar-refractivity contribution >= 4 is 40.7 Å². The molecule has 9 heteroatoms. The first kappa shape index (κ1) is 25.0. The van der Waals surface area contributed by atoms with Crippen LogP contribution in [0.1, 0.15) is 18.4 Å². The molecule has 1 atom stereocenters. The molecular weight excluding hydrogens is 506 g/mol. The third-order valence-corrected chi connectivity index (χ3v) is 6.93. The molecule has 34 heavy (non-hydrogen) atoms. The standard InChI is InChI=1S/C25H22Cl2F3NO2S/c26-21-8-3-9-23(24(21)27)33-19-6-2-5-18(13-19)31(15-22(32)17-10-11-17)14-16-4-1-7-20(12-16)34-25(28,29)30/h1-9,12-13,17,22,32H,10-11,14-15H2. The van der Waals surface area contributed by atoms with E-state index in [-0.39, 0.29) is 22.6 Å². The summed E-state index contributed by atoms with van der Waals surface area (Å²) in [5.41, 5.74) is -2.88. The van der Waals surface area contributed by atoms with Crippen LogP contribution in [-0.2, 0) is 6.54 Å². The molecule has 3 nitrogen and oxygen atoms in total. The first-order chi connectivity index (χ1) is 16.2. The van der Waals surface area contributed by atoms with Crippen LogP contribution in [0.3, 0.4) is 0 Å². The Morgan fingerprint density at radius 3 is 2.50 bits per heavy atom. The lowest BCUT2D eigenvalue weighted by Gasteiger charge is -2.28. The smallest absolute Gasteiger partial charge is 0.446 e. The van der Waals surface area contributed by atoms with Gasteiger partial charge in [-0.15, -0.1) is 0 Å². The van der Waals surface area contributed by atoms with Gasteiger partial charge in [0.1, 0.15) is 16.5 Å². The van der Waals surface area contributed by atoms with Gasteiger partial charge in [-0.3, -0.25) is 0 Å². The third-order valence-electron chi connectivity index (χ3n) is 5.41. The molecule has 3 aromatic carbocycles. The molecule has 1 N–H and O–H groups in total. The number of thioether (sulfide) groups is 1. The van der Waals surface area contributed by atoms with Gasteiger partial charge in [0.15, 0.2) is 0 Å². The number of alkyl halides is 3. The molecular formula is C25H22Cl2F3NO2S. The van der Waals surface area contributed by atoms with Gasteiger partial charge in [0.25, 0.3) is 0 Å². The summed E-state index contributed by atoms with van der Waals surface area (Å²) in [5, 5.41) is 11.3. The van der Waals surface area contributed by atoms with E-state index >= 15 is 0 Å². The zero-order chi connectivity index (χ0) is 24.3. The van der Waals surface area contributed by atoms with Crippen molar-refractivity contribution in [3.05, 3.63) is 82.3 Å². The van der Waals surface area contributed by atoms with Crippen molar-refractivity contribution in [1.29, 1.82) is 0 Å². The summed E-state index contributed by atoms with van der Waals surface area (Å²) in [6.07, 6.45) is 1.42. The summed E-state index contributed by atoms with van der Waals surface area (Å²) < 4.78 is 44.4. The largest absolute Gasteiger partial charge is 0.456 e. The van der Waals surface area contributed by atoms with Gasteiger partial charge in [-0.2, -0.15) is 13.2 Å². The van der Waals surface area contributed by atoms with Gasteiger partial charge < -0.3 is 14.7 Å². The summed E-state index contributed by atoms with van der Waals surface area (Å²) in [4.78, 5) is 2.08. The Morgan fingerprint density at radius 2 is 1.76 bits per heavy atom. The first-order valence-corrected chi connectivity index (χ1v) is 12.2. The summed E-state index contributed by atoms with van der Waals surface area (Å²) in [7, 11) is 0. The van der Waals surface area contributed by atoms with Gasteiger partial charge in [0.2, 0.25) is 0 Å². The molecule has 0 radical (unpaired) electrons. The lowest BCUT2D eigenvalue weighted by atomic mass is 10.1. The maximum absolute atomic E-state index is 12.8. The van der Waals surface area contributed by atoms with Crippen molar-refractivity contribution in [2.24, 2.45) is 5.92 Å². The van der Waals surface area contributed by atoms with Crippen molar-refractivity contribution in [2.75, 3.05) is 11.4 Å². The highest BCUT2D eigenvalue weighted by Crippen LogP contribution is 2.39. The van der Waals surface area contributed by atoms with E-state index in [0.717, 1.165) is 18.5 Å². The normalized spacial score (nSPS) is 14.6. The Balaban J connectivity index is 1.58. The van der Waals surface area contributed by atoms with Crippen molar-refractivity contribution < 1.29 is 23.0 Å². The molecule has 0 amide bonds. The van der Waals surface area contributed by atoms with Crippen molar-refractivity contribution in [3.63, 3.8) is 0 Å². The Hall–Kier alpha value is -2.06. The van der Waals surface area contributed by atoms with Crippen LogP contribution >= 0.6 is 35.0 Å². The minimum Gasteiger partial charge on any atom is -0.456 e. The van der Waals surface area contributed by atoms with Crippen molar-refractivity contribution in [1.82, 2.24) is 0 Å². The molecule has 1 saturated carbocycles. The zero-order valence-electron chi connectivity index (χ0n) is 17.9. The minimum atomic E-state index is -4.35. The number of aliphatic hydroxyl groups is 1. The first-order valence-electron chi connectivity index (χ1n) is 10.7. The third kappa shape index (κ3) is 6.98. The van der Waals surface area contributed by atoms with Crippen molar-refractivity contribution in [3.8, 4) is 11.5 Å². The van der Waals surface area contributed by atoms with Gasteiger partial charge in [-0.1, -0.05) is 47.5 Å². The van der Waals surface area contributed by atoms with E-state index in [1.807, 2.05) is 23.1 Å². The SMILES string of the molecule is OC(CN(Cc1cccc(SC(F)(F)F)c1)c1cccc(Oc2cccc(Cl)c2Cl)c1)C1CC1. The van der Waals surface area contributed by atoms with Crippen LogP contribution in [0.2, 0.25) is 10.0 Å². The van der Waals surface area contributed by atoms with E-state index in [2.05, 4.69) is 0 Å². The Morgan fingerprint density at radius 1 is 1.03 bits per heavy atom. The van der Waals surface area contributed by atoms with Crippen molar-refractivity contribution in [2.45, 2.75) is 35.9 Å². The number of nitrogens with zero attached hydrogens (tertiary/aromatic N) is 1. The Bertz CT molecular complexity index is 1140. The Kier molecular flexibility index (Phi) is 7.87. The number of hydrogen-bond acceptors (Lipinski definition) is 4. The number of aliphatic hydroxyl groups excluding tert-OH is 1. The lowest BCUT2D eigenvalue weighted by Crippen LogP contribution is -2.33. The fraction of sp³-hybridized carbons (Fsp3) is 0.280. The van der Waals surface area contributed by atoms with Gasteiger partial charge >= 0.3 is 5.51 Å². The summed E-state index contributed by atoms with van der Waals surface area (Å²) >= 11 is 12.2. The summed E-state index contributed by atoms with van der Waals surface area (Å²) in [5.74, 6) is 1.18. The molecule has 1 unspecified atom stereocenters. The second-order valence-corrected chi connectivity index (χ2v) is 10.1. The maximum atomic E-state index is 12.8. The quantitative estimate of drug-likeness (QED) is 0.284. The Labute approximate surface area is 210 Å². The van der Waals surface area contributed by atoms with Crippen LogP contribution in [0, 0.1) is 5.92 Å². The average molecular weight is 528 g/mol. The highest BCUT2D eigenvalue weighted by atomic mass is 35.5. The second-order valence-electron chi connectivity index (χ2n) is 8.13. The van der Waals surface area contributed by atoms with E-state index in [0.29, 0.717) is 40.2 Å². The average Bonchev–Trinajstić information content (AvgIpc) is 3.61. The van der Waals surface area contributed by atoms with Crippen LogP contribution in [0.15, 0.2) is 71.6 Å². The molecule has 0 saturated heterocycles. The molecule has 0 bridgehead atoms. The van der Waals surface area contributed by atoms with E-state index in [4.69, 9.17) is 27.9 Å². The number of halogens is 5. The molecule has 0 aromatic heterocycles. The second kappa shape index (κ2) is 10.7. The molecule has 180 valence electrons. The number of benzene rings is 3. The van der Waals surface area contributed by atoms with E-state index in [1.165, 1.54) is 12.1 Å². The van der Waals surface area contributed by atoms with E-state index < -0.39 is 11.6 Å². The van der Waals surface area contributed by atoms with Crippen LogP contribution < -0.4 is 9.64 Å². The van der Waals surface area contributed by atoms with Gasteiger partial charge in [0, 0.05) is 29.7 Å². The monoisotopic (exact) mass is 527 g/mol. The van der Waals surface area contributed by atoms with E-state index in [1.54, 1.807) is 36.4 Å². The van der Waals surface area contributed by atoms with Crippen LogP contribution in [-0.4, -0.2) is 23.3 Å². The van der Waals surface area contributed by atoms with Crippen LogP contribution in [0.25, 0.3) is 0 Å². The fourth-order valence-electron chi connectivity index (χ4n) is 3.61. The molecule has 0 heterocycles. The summed E-state index contributed by atoms with van der Waals surface area (Å²) in [6, 6.07) is 18.7. The molecule has 3 aromatic rings. The number of ether oxygens (including phenoxy) is 1. The van der Waals surface area contributed by atoms with Crippen LogP contribution in [0.4, 0.5) is 18.9 Å². The molecule has 1 aliphatic rings. The highest BCUT2D eigenvalue weighted by Gasteiger charge is 2.31. The molecule has 1 fully saturated rings. The molecule has 1 aliphatic carbocycles. The lowest BCUT2D eigenvalue weighted by molar-refractivity contribution is -0.0328. The van der Waals surface area contributed by atoms with Gasteiger partial charge in [0.05, 0.1) is 11.1 Å². The predicted molar refractivity (Wildman–Crippen MR) is 131 cm³/mol. The number of anilines is 1. The van der Waals surface area contributed by atoms with Gasteiger partial charge in [-0.05, 0) is 72.5 Å². The van der Waals surface area contributed by atoms with E-state index in [9.17, 15) is 18.3 Å². The minimum absolute atomic E-state index is 0.125.